The molecule has 1 aromatic rings. The van der Waals surface area contributed by atoms with Crippen LogP contribution in [-0.2, 0) is 10.0 Å². The summed E-state index contributed by atoms with van der Waals surface area (Å²) in [6.07, 6.45) is 5.19. The van der Waals surface area contributed by atoms with Crippen molar-refractivity contribution in [3.63, 3.8) is 0 Å². The van der Waals surface area contributed by atoms with Gasteiger partial charge in [0.1, 0.15) is 4.90 Å². The maximum Gasteiger partial charge on any atom is 0.242 e. The van der Waals surface area contributed by atoms with Crippen LogP contribution in [0, 0.1) is 0 Å². The maximum atomic E-state index is 12.2. The van der Waals surface area contributed by atoms with Crippen molar-refractivity contribution in [1.29, 1.82) is 0 Å². The predicted molar refractivity (Wildman–Crippen MR) is 75.7 cm³/mol. The Morgan fingerprint density at radius 2 is 1.89 bits per heavy atom. The molecule has 0 heterocycles. The highest BCUT2D eigenvalue weighted by Crippen LogP contribution is 2.25. The summed E-state index contributed by atoms with van der Waals surface area (Å²) in [5.74, 6) is 0. The Hall–Kier alpha value is -0.590. The first kappa shape index (κ1) is 13.8. The van der Waals surface area contributed by atoms with Crippen LogP contribution in [0.5, 0.6) is 0 Å². The molecular weight excluding hydrogens is 316 g/mol. The first-order valence-electron chi connectivity index (χ1n) is 6.06. The molecule has 1 fully saturated rings. The lowest BCUT2D eigenvalue weighted by atomic mass is 9.96. The summed E-state index contributed by atoms with van der Waals surface area (Å²) >= 11 is 3.27. The summed E-state index contributed by atoms with van der Waals surface area (Å²) in [5.41, 5.74) is 6.03. The fourth-order valence-corrected chi connectivity index (χ4v) is 4.06. The van der Waals surface area contributed by atoms with Crippen molar-refractivity contribution in [3.05, 3.63) is 22.7 Å². The molecule has 2 rings (SSSR count). The SMILES string of the molecule is Nc1cc(Br)ccc1S(=O)(=O)NC1CCCCC1. The van der Waals surface area contributed by atoms with Crippen molar-refractivity contribution in [2.75, 3.05) is 5.73 Å². The van der Waals surface area contributed by atoms with Crippen molar-refractivity contribution in [3.8, 4) is 0 Å². The molecule has 1 aromatic carbocycles. The number of benzene rings is 1. The van der Waals surface area contributed by atoms with E-state index in [9.17, 15) is 8.42 Å². The van der Waals surface area contributed by atoms with E-state index < -0.39 is 10.0 Å². The number of nitrogen functional groups attached to an aromatic ring is 1. The van der Waals surface area contributed by atoms with Gasteiger partial charge in [-0.05, 0) is 31.0 Å². The van der Waals surface area contributed by atoms with Crippen LogP contribution in [0.2, 0.25) is 0 Å². The summed E-state index contributed by atoms with van der Waals surface area (Å²) in [7, 11) is -3.50. The van der Waals surface area contributed by atoms with Crippen molar-refractivity contribution in [2.45, 2.75) is 43.0 Å². The van der Waals surface area contributed by atoms with E-state index in [-0.39, 0.29) is 16.6 Å². The van der Waals surface area contributed by atoms with Crippen LogP contribution in [0.15, 0.2) is 27.6 Å². The minimum absolute atomic E-state index is 0.0480. The number of hydrogen-bond donors (Lipinski definition) is 2. The average Bonchev–Trinajstić information content (AvgIpc) is 2.29. The van der Waals surface area contributed by atoms with Gasteiger partial charge in [0.05, 0.1) is 5.69 Å². The minimum atomic E-state index is -3.50. The molecule has 0 amide bonds. The molecular formula is C12H17BrN2O2S. The molecule has 0 aliphatic heterocycles. The molecule has 1 saturated carbocycles. The maximum absolute atomic E-state index is 12.2. The zero-order valence-electron chi connectivity index (χ0n) is 10.0. The zero-order valence-corrected chi connectivity index (χ0v) is 12.4. The molecule has 0 atom stereocenters. The van der Waals surface area contributed by atoms with E-state index in [1.54, 1.807) is 12.1 Å². The third-order valence-electron chi connectivity index (χ3n) is 3.19. The van der Waals surface area contributed by atoms with E-state index in [1.807, 2.05) is 0 Å². The second-order valence-electron chi connectivity index (χ2n) is 4.64. The van der Waals surface area contributed by atoms with Gasteiger partial charge in [-0.15, -0.1) is 0 Å². The standard InChI is InChI=1S/C12H17BrN2O2S/c13-9-6-7-12(11(14)8-9)18(16,17)15-10-4-2-1-3-5-10/h6-8,10,15H,1-5,14H2. The van der Waals surface area contributed by atoms with E-state index >= 15 is 0 Å². The highest BCUT2D eigenvalue weighted by Gasteiger charge is 2.23. The van der Waals surface area contributed by atoms with Gasteiger partial charge in [-0.25, -0.2) is 13.1 Å². The topological polar surface area (TPSA) is 72.2 Å². The fourth-order valence-electron chi connectivity index (χ4n) is 2.27. The van der Waals surface area contributed by atoms with E-state index in [0.29, 0.717) is 0 Å². The molecule has 0 spiro atoms. The summed E-state index contributed by atoms with van der Waals surface area (Å²) in [5, 5.41) is 0. The van der Waals surface area contributed by atoms with Gasteiger partial charge in [-0.1, -0.05) is 35.2 Å². The number of nitrogens with two attached hydrogens (primary N) is 1. The molecule has 4 nitrogen and oxygen atoms in total. The minimum Gasteiger partial charge on any atom is -0.398 e. The lowest BCUT2D eigenvalue weighted by Crippen LogP contribution is -2.36. The monoisotopic (exact) mass is 332 g/mol. The Bertz CT molecular complexity index is 525. The predicted octanol–water partition coefficient (Wildman–Crippen LogP) is 2.64. The fraction of sp³-hybridized carbons (Fsp3) is 0.500. The van der Waals surface area contributed by atoms with Gasteiger partial charge in [-0.2, -0.15) is 0 Å². The third kappa shape index (κ3) is 3.24. The van der Waals surface area contributed by atoms with Crippen LogP contribution in [-0.4, -0.2) is 14.5 Å². The molecule has 18 heavy (non-hydrogen) atoms. The summed E-state index contributed by atoms with van der Waals surface area (Å²) < 4.78 is 28.0. The quantitative estimate of drug-likeness (QED) is 0.836. The molecule has 0 radical (unpaired) electrons. The highest BCUT2D eigenvalue weighted by molar-refractivity contribution is 9.10. The Morgan fingerprint density at radius 3 is 2.50 bits per heavy atom. The van der Waals surface area contributed by atoms with E-state index in [1.165, 1.54) is 12.5 Å². The van der Waals surface area contributed by atoms with Gasteiger partial charge < -0.3 is 5.73 Å². The van der Waals surface area contributed by atoms with Gasteiger partial charge in [0.25, 0.3) is 0 Å². The van der Waals surface area contributed by atoms with E-state index in [4.69, 9.17) is 5.73 Å². The number of sulfonamides is 1. The van der Waals surface area contributed by atoms with Gasteiger partial charge in [0.2, 0.25) is 10.0 Å². The van der Waals surface area contributed by atoms with E-state index in [2.05, 4.69) is 20.7 Å². The molecule has 3 N–H and O–H groups in total. The van der Waals surface area contributed by atoms with Crippen LogP contribution in [0.4, 0.5) is 5.69 Å². The highest BCUT2D eigenvalue weighted by atomic mass is 79.9. The lowest BCUT2D eigenvalue weighted by Gasteiger charge is -2.22. The summed E-state index contributed by atoms with van der Waals surface area (Å²) in [4.78, 5) is 0.163. The molecule has 1 aliphatic rings. The van der Waals surface area contributed by atoms with Crippen molar-refractivity contribution in [1.82, 2.24) is 4.72 Å². The molecule has 0 bridgehead atoms. The average molecular weight is 333 g/mol. The Morgan fingerprint density at radius 1 is 1.22 bits per heavy atom. The normalized spacial score (nSPS) is 17.8. The van der Waals surface area contributed by atoms with Crippen molar-refractivity contribution >= 4 is 31.6 Å². The Kier molecular flexibility index (Phi) is 4.29. The van der Waals surface area contributed by atoms with E-state index in [0.717, 1.165) is 30.2 Å². The number of anilines is 1. The third-order valence-corrected chi connectivity index (χ3v) is 5.28. The smallest absolute Gasteiger partial charge is 0.242 e. The second-order valence-corrected chi connectivity index (χ2v) is 7.24. The molecule has 6 heteroatoms. The first-order chi connectivity index (χ1) is 8.49. The Balaban J connectivity index is 2.19. The second kappa shape index (κ2) is 5.59. The van der Waals surface area contributed by atoms with Crippen LogP contribution in [0.1, 0.15) is 32.1 Å². The van der Waals surface area contributed by atoms with Gasteiger partial charge in [-0.3, -0.25) is 0 Å². The Labute approximate surface area is 116 Å². The summed E-state index contributed by atoms with van der Waals surface area (Å²) in [6.45, 7) is 0. The van der Waals surface area contributed by atoms with Crippen LogP contribution < -0.4 is 10.5 Å². The molecule has 0 aromatic heterocycles. The number of hydrogen-bond acceptors (Lipinski definition) is 3. The molecule has 0 saturated heterocycles. The first-order valence-corrected chi connectivity index (χ1v) is 8.34. The molecule has 0 unspecified atom stereocenters. The van der Waals surface area contributed by atoms with Crippen LogP contribution >= 0.6 is 15.9 Å². The van der Waals surface area contributed by atoms with Crippen molar-refractivity contribution in [2.24, 2.45) is 0 Å². The van der Waals surface area contributed by atoms with Crippen molar-refractivity contribution < 1.29 is 8.42 Å². The molecule has 100 valence electrons. The van der Waals surface area contributed by atoms with Gasteiger partial charge >= 0.3 is 0 Å². The number of rotatable bonds is 3. The van der Waals surface area contributed by atoms with Gasteiger partial charge in [0, 0.05) is 10.5 Å². The summed E-state index contributed by atoms with van der Waals surface area (Å²) in [6, 6.07) is 4.87. The lowest BCUT2D eigenvalue weighted by molar-refractivity contribution is 0.412. The number of nitrogens with one attached hydrogen (secondary N) is 1. The van der Waals surface area contributed by atoms with Crippen LogP contribution in [0.3, 0.4) is 0 Å². The number of halogens is 1. The largest absolute Gasteiger partial charge is 0.398 e. The van der Waals surface area contributed by atoms with Gasteiger partial charge in [0.15, 0.2) is 0 Å². The zero-order chi connectivity index (χ0) is 13.2. The molecule has 1 aliphatic carbocycles. The van der Waals surface area contributed by atoms with Crippen LogP contribution in [0.25, 0.3) is 0 Å².